The molecule has 146 valence electrons. The fourth-order valence-electron chi connectivity index (χ4n) is 2.99. The van der Waals surface area contributed by atoms with Gasteiger partial charge >= 0.3 is 0 Å². The van der Waals surface area contributed by atoms with Crippen molar-refractivity contribution in [2.45, 2.75) is 39.3 Å². The summed E-state index contributed by atoms with van der Waals surface area (Å²) in [6.45, 7) is 8.18. The van der Waals surface area contributed by atoms with Crippen LogP contribution in [-0.4, -0.2) is 28.8 Å². The Morgan fingerprint density at radius 1 is 1.04 bits per heavy atom. The minimum Gasteiger partial charge on any atom is -0.497 e. The Morgan fingerprint density at radius 3 is 2.43 bits per heavy atom. The van der Waals surface area contributed by atoms with Crippen LogP contribution in [0.25, 0.3) is 0 Å². The maximum absolute atomic E-state index is 12.7. The van der Waals surface area contributed by atoms with Crippen molar-refractivity contribution in [2.75, 3.05) is 12.9 Å². The summed E-state index contributed by atoms with van der Waals surface area (Å²) >= 11 is 1.28. The second-order valence-corrected chi connectivity index (χ2v) is 7.74. The molecule has 0 unspecified atom stereocenters. The van der Waals surface area contributed by atoms with Crippen LogP contribution in [0, 0.1) is 27.7 Å². The molecule has 28 heavy (non-hydrogen) atoms. The summed E-state index contributed by atoms with van der Waals surface area (Å²) in [6, 6.07) is 9.69. The lowest BCUT2D eigenvalue weighted by atomic mass is 9.93. The highest BCUT2D eigenvalue weighted by atomic mass is 32.2. The SMILES string of the molecule is COc1ccc(Cc2nnc(SCC(=O)c3cc(C)c(C)c(C)c3C)o2)cc1. The number of carbonyl (C=O) groups is 1. The molecular formula is C22H24N2O3S. The van der Waals surface area contributed by atoms with Gasteiger partial charge in [0.25, 0.3) is 5.22 Å². The van der Waals surface area contributed by atoms with E-state index in [0.29, 0.717) is 17.5 Å². The van der Waals surface area contributed by atoms with Gasteiger partial charge in [0.05, 0.1) is 19.3 Å². The van der Waals surface area contributed by atoms with Gasteiger partial charge in [0.2, 0.25) is 5.89 Å². The summed E-state index contributed by atoms with van der Waals surface area (Å²) in [5.74, 6) is 1.68. The Balaban J connectivity index is 1.63. The summed E-state index contributed by atoms with van der Waals surface area (Å²) in [5, 5.41) is 8.55. The third-order valence-electron chi connectivity index (χ3n) is 5.07. The second kappa shape index (κ2) is 8.61. The molecule has 3 aromatic rings. The topological polar surface area (TPSA) is 65.2 Å². The van der Waals surface area contributed by atoms with E-state index >= 15 is 0 Å². The molecule has 0 saturated heterocycles. The van der Waals surface area contributed by atoms with Crippen LogP contribution < -0.4 is 4.74 Å². The van der Waals surface area contributed by atoms with E-state index in [2.05, 4.69) is 24.0 Å². The van der Waals surface area contributed by atoms with Crippen molar-refractivity contribution in [1.29, 1.82) is 0 Å². The third-order valence-corrected chi connectivity index (χ3v) is 5.89. The van der Waals surface area contributed by atoms with Crippen LogP contribution in [0.2, 0.25) is 0 Å². The quantitative estimate of drug-likeness (QED) is 0.419. The molecule has 2 aromatic carbocycles. The number of methoxy groups -OCH3 is 1. The van der Waals surface area contributed by atoms with Crippen LogP contribution in [0.3, 0.4) is 0 Å². The molecule has 1 aromatic heterocycles. The monoisotopic (exact) mass is 396 g/mol. The molecule has 6 heteroatoms. The Morgan fingerprint density at radius 2 is 1.75 bits per heavy atom. The van der Waals surface area contributed by atoms with Crippen LogP contribution in [0.4, 0.5) is 0 Å². The maximum Gasteiger partial charge on any atom is 0.277 e. The van der Waals surface area contributed by atoms with Crippen molar-refractivity contribution < 1.29 is 13.9 Å². The lowest BCUT2D eigenvalue weighted by molar-refractivity contribution is 0.102. The minimum absolute atomic E-state index is 0.0728. The molecule has 3 rings (SSSR count). The smallest absolute Gasteiger partial charge is 0.277 e. The summed E-state index contributed by atoms with van der Waals surface area (Å²) in [4.78, 5) is 12.7. The Kier molecular flexibility index (Phi) is 6.19. The standard InChI is InChI=1S/C22H24N2O3S/c1-13-10-19(16(4)15(3)14(13)2)20(25)12-28-22-24-23-21(27-22)11-17-6-8-18(26-5)9-7-17/h6-10H,11-12H2,1-5H3. The second-order valence-electron chi connectivity index (χ2n) is 6.81. The van der Waals surface area contributed by atoms with E-state index < -0.39 is 0 Å². The Labute approximate surface area is 169 Å². The van der Waals surface area contributed by atoms with Gasteiger partial charge in [0, 0.05) is 5.56 Å². The zero-order valence-electron chi connectivity index (χ0n) is 16.8. The predicted molar refractivity (Wildman–Crippen MR) is 111 cm³/mol. The van der Waals surface area contributed by atoms with E-state index in [-0.39, 0.29) is 11.5 Å². The number of benzene rings is 2. The Hall–Kier alpha value is -2.60. The first kappa shape index (κ1) is 20.1. The largest absolute Gasteiger partial charge is 0.497 e. The average molecular weight is 397 g/mol. The number of carbonyl (C=O) groups excluding carboxylic acids is 1. The van der Waals surface area contributed by atoms with Gasteiger partial charge in [-0.05, 0) is 73.7 Å². The number of aromatic nitrogens is 2. The van der Waals surface area contributed by atoms with Crippen molar-refractivity contribution in [3.8, 4) is 5.75 Å². The molecule has 0 radical (unpaired) electrons. The van der Waals surface area contributed by atoms with Gasteiger partial charge in [0.15, 0.2) is 5.78 Å². The summed E-state index contributed by atoms with van der Waals surface area (Å²) in [6.07, 6.45) is 0.543. The number of ketones is 1. The maximum atomic E-state index is 12.7. The normalized spacial score (nSPS) is 10.9. The highest BCUT2D eigenvalue weighted by Gasteiger charge is 2.16. The van der Waals surface area contributed by atoms with Crippen molar-refractivity contribution >= 4 is 17.5 Å². The number of aryl methyl sites for hydroxylation is 1. The zero-order valence-corrected chi connectivity index (χ0v) is 17.6. The van der Waals surface area contributed by atoms with E-state index in [1.54, 1.807) is 7.11 Å². The van der Waals surface area contributed by atoms with Crippen LogP contribution in [0.5, 0.6) is 5.75 Å². The van der Waals surface area contributed by atoms with Crippen molar-refractivity contribution in [2.24, 2.45) is 0 Å². The van der Waals surface area contributed by atoms with Gasteiger partial charge in [0.1, 0.15) is 5.75 Å². The van der Waals surface area contributed by atoms with Crippen molar-refractivity contribution in [3.05, 3.63) is 69.6 Å². The molecule has 0 N–H and O–H groups in total. The fraction of sp³-hybridized carbons (Fsp3) is 0.318. The average Bonchev–Trinajstić information content (AvgIpc) is 3.15. The van der Waals surface area contributed by atoms with Crippen molar-refractivity contribution in [3.63, 3.8) is 0 Å². The molecule has 0 spiro atoms. The summed E-state index contributed by atoms with van der Waals surface area (Å²) in [7, 11) is 1.64. The first-order valence-electron chi connectivity index (χ1n) is 9.07. The zero-order chi connectivity index (χ0) is 20.3. The van der Waals surface area contributed by atoms with Crippen molar-refractivity contribution in [1.82, 2.24) is 10.2 Å². The van der Waals surface area contributed by atoms with Crippen LogP contribution in [-0.2, 0) is 6.42 Å². The number of ether oxygens (including phenoxy) is 1. The lowest BCUT2D eigenvalue weighted by Crippen LogP contribution is -2.08. The molecular weight excluding hydrogens is 372 g/mol. The van der Waals surface area contributed by atoms with E-state index in [0.717, 1.165) is 28.0 Å². The highest BCUT2D eigenvalue weighted by Crippen LogP contribution is 2.25. The molecule has 0 bridgehead atoms. The van der Waals surface area contributed by atoms with Gasteiger partial charge in [-0.1, -0.05) is 23.9 Å². The molecule has 0 atom stereocenters. The van der Waals surface area contributed by atoms with E-state index in [1.165, 1.54) is 22.9 Å². The number of nitrogens with zero attached hydrogens (tertiary/aromatic N) is 2. The molecule has 5 nitrogen and oxygen atoms in total. The lowest BCUT2D eigenvalue weighted by Gasteiger charge is -2.13. The van der Waals surface area contributed by atoms with Gasteiger partial charge in [-0.2, -0.15) is 0 Å². The first-order valence-corrected chi connectivity index (χ1v) is 10.1. The molecule has 0 fully saturated rings. The summed E-state index contributed by atoms with van der Waals surface area (Å²) in [5.41, 5.74) is 6.41. The minimum atomic E-state index is 0.0728. The fourth-order valence-corrected chi connectivity index (χ4v) is 3.66. The Bertz CT molecular complexity index is 994. The van der Waals surface area contributed by atoms with Gasteiger partial charge in [-0.15, -0.1) is 10.2 Å². The number of hydrogen-bond acceptors (Lipinski definition) is 6. The molecule has 1 heterocycles. The summed E-state index contributed by atoms with van der Waals surface area (Å²) < 4.78 is 10.8. The molecule has 0 aliphatic carbocycles. The van der Waals surface area contributed by atoms with Gasteiger partial charge < -0.3 is 9.15 Å². The van der Waals surface area contributed by atoms with Gasteiger partial charge in [-0.3, -0.25) is 4.79 Å². The van der Waals surface area contributed by atoms with Crippen LogP contribution in [0.1, 0.15) is 44.1 Å². The number of Topliss-reactive ketones (excluding diaryl/α,β-unsaturated/α-hetero) is 1. The molecule has 0 amide bonds. The number of thioether (sulfide) groups is 1. The third kappa shape index (κ3) is 4.44. The molecule has 0 saturated carbocycles. The van der Waals surface area contributed by atoms with E-state index in [4.69, 9.17) is 9.15 Å². The van der Waals surface area contributed by atoms with E-state index in [9.17, 15) is 4.79 Å². The molecule has 0 aliphatic rings. The number of rotatable bonds is 7. The number of hydrogen-bond donors (Lipinski definition) is 0. The van der Waals surface area contributed by atoms with Gasteiger partial charge in [-0.25, -0.2) is 0 Å². The highest BCUT2D eigenvalue weighted by molar-refractivity contribution is 7.99. The van der Waals surface area contributed by atoms with Crippen LogP contribution in [0.15, 0.2) is 40.0 Å². The van der Waals surface area contributed by atoms with E-state index in [1.807, 2.05) is 44.2 Å². The van der Waals surface area contributed by atoms with Crippen LogP contribution >= 0.6 is 11.8 Å². The molecule has 0 aliphatic heterocycles. The first-order chi connectivity index (χ1) is 13.4. The predicted octanol–water partition coefficient (Wildman–Crippen LogP) is 4.88.